The molecule has 2 aliphatic heterocycles. The van der Waals surface area contributed by atoms with Crippen LogP contribution in [0.5, 0.6) is 5.75 Å². The molecular formula is C18H25FN2O5S. The number of nitrogens with one attached hydrogen (secondary N) is 1. The Bertz CT molecular complexity index is 799. The Labute approximate surface area is 158 Å². The molecule has 2 unspecified atom stereocenters. The van der Waals surface area contributed by atoms with Crippen molar-refractivity contribution in [3.05, 3.63) is 29.6 Å². The zero-order valence-electron chi connectivity index (χ0n) is 15.5. The van der Waals surface area contributed by atoms with Gasteiger partial charge in [0.25, 0.3) is 0 Å². The van der Waals surface area contributed by atoms with Gasteiger partial charge in [-0.1, -0.05) is 6.07 Å². The minimum atomic E-state index is -3.46. The van der Waals surface area contributed by atoms with E-state index >= 15 is 0 Å². The highest BCUT2D eigenvalue weighted by Crippen LogP contribution is 2.23. The first-order chi connectivity index (χ1) is 12.8. The number of carbonyl (C=O) groups excluding carboxylic acids is 1. The molecule has 9 heteroatoms. The molecule has 1 aromatic carbocycles. The summed E-state index contributed by atoms with van der Waals surface area (Å²) >= 11 is 0. The molecule has 3 rings (SSSR count). The maximum Gasteiger partial charge on any atom is 0.222 e. The molecule has 0 saturated carbocycles. The van der Waals surface area contributed by atoms with E-state index in [0.717, 1.165) is 6.42 Å². The number of likely N-dealkylation sites (tertiary alicyclic amines) is 1. The average molecular weight is 400 g/mol. The Morgan fingerprint density at radius 3 is 2.78 bits per heavy atom. The highest BCUT2D eigenvalue weighted by molar-refractivity contribution is 7.90. The van der Waals surface area contributed by atoms with Gasteiger partial charge in [-0.05, 0) is 26.3 Å². The summed E-state index contributed by atoms with van der Waals surface area (Å²) in [5.41, 5.74) is 0.428. The van der Waals surface area contributed by atoms with Crippen molar-refractivity contribution < 1.29 is 27.1 Å². The summed E-state index contributed by atoms with van der Waals surface area (Å²) in [7, 11) is -3.46. The van der Waals surface area contributed by atoms with Gasteiger partial charge in [0.1, 0.15) is 17.7 Å². The second-order valence-electron chi connectivity index (χ2n) is 7.18. The summed E-state index contributed by atoms with van der Waals surface area (Å²) in [5, 5.41) is -0.566. The SMILES string of the molecule is CC(C)S(=O)(=O)NC1COCC1Oc1ccc(CN2CCCC2=O)c(F)c1. The average Bonchev–Trinajstić information content (AvgIpc) is 3.19. The Hall–Kier alpha value is -1.71. The largest absolute Gasteiger partial charge is 0.486 e. The van der Waals surface area contributed by atoms with Crippen LogP contribution in [0.15, 0.2) is 18.2 Å². The van der Waals surface area contributed by atoms with Crippen LogP contribution in [0.4, 0.5) is 4.39 Å². The molecule has 1 aromatic rings. The second kappa shape index (κ2) is 8.12. The highest BCUT2D eigenvalue weighted by Gasteiger charge is 2.34. The molecule has 1 N–H and O–H groups in total. The van der Waals surface area contributed by atoms with E-state index in [1.54, 1.807) is 30.9 Å². The Morgan fingerprint density at radius 1 is 1.37 bits per heavy atom. The zero-order chi connectivity index (χ0) is 19.6. The Kier molecular flexibility index (Phi) is 6.02. The van der Waals surface area contributed by atoms with Gasteiger partial charge in [-0.15, -0.1) is 0 Å². The van der Waals surface area contributed by atoms with E-state index < -0.39 is 33.2 Å². The van der Waals surface area contributed by atoms with Crippen LogP contribution >= 0.6 is 0 Å². The number of ether oxygens (including phenoxy) is 2. The molecule has 0 aliphatic carbocycles. The zero-order valence-corrected chi connectivity index (χ0v) is 16.3. The molecule has 0 radical (unpaired) electrons. The molecular weight excluding hydrogens is 375 g/mol. The van der Waals surface area contributed by atoms with Gasteiger partial charge in [-0.2, -0.15) is 0 Å². The molecule has 2 aliphatic rings. The first-order valence-electron chi connectivity index (χ1n) is 9.08. The Balaban J connectivity index is 1.64. The van der Waals surface area contributed by atoms with E-state index in [1.807, 2.05) is 0 Å². The quantitative estimate of drug-likeness (QED) is 0.748. The third-order valence-electron chi connectivity index (χ3n) is 4.81. The normalized spacial score (nSPS) is 23.4. The number of hydrogen-bond acceptors (Lipinski definition) is 5. The Morgan fingerprint density at radius 2 is 2.15 bits per heavy atom. The van der Waals surface area contributed by atoms with Crippen molar-refractivity contribution >= 4 is 15.9 Å². The van der Waals surface area contributed by atoms with Crippen molar-refractivity contribution in [1.29, 1.82) is 0 Å². The lowest BCUT2D eigenvalue weighted by Crippen LogP contribution is -2.47. The van der Waals surface area contributed by atoms with Crippen molar-refractivity contribution in [1.82, 2.24) is 9.62 Å². The summed E-state index contributed by atoms with van der Waals surface area (Å²) in [6.07, 6.45) is 0.777. The van der Waals surface area contributed by atoms with E-state index in [1.165, 1.54) is 6.07 Å². The summed E-state index contributed by atoms with van der Waals surface area (Å²) in [6.45, 7) is 4.49. The van der Waals surface area contributed by atoms with Crippen LogP contribution in [0.1, 0.15) is 32.3 Å². The lowest BCUT2D eigenvalue weighted by Gasteiger charge is -2.22. The molecule has 2 fully saturated rings. The number of benzene rings is 1. The van der Waals surface area contributed by atoms with Crippen LogP contribution in [-0.4, -0.2) is 56.4 Å². The van der Waals surface area contributed by atoms with Gasteiger partial charge >= 0.3 is 0 Å². The van der Waals surface area contributed by atoms with Gasteiger partial charge in [0, 0.05) is 31.1 Å². The fraction of sp³-hybridized carbons (Fsp3) is 0.611. The number of nitrogens with zero attached hydrogens (tertiary/aromatic N) is 1. The topological polar surface area (TPSA) is 84.9 Å². The van der Waals surface area contributed by atoms with Crippen LogP contribution in [0.2, 0.25) is 0 Å². The molecule has 27 heavy (non-hydrogen) atoms. The van der Waals surface area contributed by atoms with E-state index in [9.17, 15) is 17.6 Å². The predicted octanol–water partition coefficient (Wildman–Crippen LogP) is 1.42. The summed E-state index contributed by atoms with van der Waals surface area (Å²) in [6, 6.07) is 3.97. The van der Waals surface area contributed by atoms with E-state index in [2.05, 4.69) is 4.72 Å². The van der Waals surface area contributed by atoms with E-state index in [-0.39, 0.29) is 25.7 Å². The lowest BCUT2D eigenvalue weighted by molar-refractivity contribution is -0.128. The summed E-state index contributed by atoms with van der Waals surface area (Å²) in [5.74, 6) is -0.114. The fourth-order valence-electron chi connectivity index (χ4n) is 3.09. The van der Waals surface area contributed by atoms with Crippen molar-refractivity contribution in [2.45, 2.75) is 50.6 Å². The van der Waals surface area contributed by atoms with Gasteiger partial charge in [-0.3, -0.25) is 4.79 Å². The summed E-state index contributed by atoms with van der Waals surface area (Å²) in [4.78, 5) is 13.3. The van der Waals surface area contributed by atoms with Crippen LogP contribution in [0.25, 0.3) is 0 Å². The highest BCUT2D eigenvalue weighted by atomic mass is 32.2. The standard InChI is InChI=1S/C18H25FN2O5S/c1-12(2)27(23,24)20-16-10-25-11-17(16)26-14-6-5-13(15(19)8-14)9-21-7-3-4-18(21)22/h5-6,8,12,16-17,20H,3-4,7,9-11H2,1-2H3. The van der Waals surface area contributed by atoms with Gasteiger partial charge in [-0.25, -0.2) is 17.5 Å². The number of halogens is 1. The molecule has 2 atom stereocenters. The van der Waals surface area contributed by atoms with Gasteiger partial charge in [0.05, 0.1) is 24.5 Å². The van der Waals surface area contributed by atoms with Gasteiger partial charge < -0.3 is 14.4 Å². The first kappa shape index (κ1) is 20.0. The van der Waals surface area contributed by atoms with Crippen LogP contribution in [-0.2, 0) is 26.1 Å². The fourth-order valence-corrected chi connectivity index (χ4v) is 4.00. The molecule has 2 saturated heterocycles. The lowest BCUT2D eigenvalue weighted by atomic mass is 10.2. The van der Waals surface area contributed by atoms with Crippen molar-refractivity contribution in [2.75, 3.05) is 19.8 Å². The maximum atomic E-state index is 14.4. The number of carbonyl (C=O) groups is 1. The van der Waals surface area contributed by atoms with E-state index in [0.29, 0.717) is 24.3 Å². The molecule has 0 spiro atoms. The predicted molar refractivity (Wildman–Crippen MR) is 97.3 cm³/mol. The molecule has 1 amide bonds. The molecule has 7 nitrogen and oxygen atoms in total. The first-order valence-corrected chi connectivity index (χ1v) is 10.6. The molecule has 0 aromatic heterocycles. The van der Waals surface area contributed by atoms with Crippen LogP contribution in [0.3, 0.4) is 0 Å². The number of rotatable bonds is 7. The van der Waals surface area contributed by atoms with Gasteiger partial charge in [0.2, 0.25) is 15.9 Å². The smallest absolute Gasteiger partial charge is 0.222 e. The summed E-state index contributed by atoms with van der Waals surface area (Å²) < 4.78 is 52.2. The third kappa shape index (κ3) is 4.77. The second-order valence-corrected chi connectivity index (χ2v) is 9.45. The number of sulfonamides is 1. The van der Waals surface area contributed by atoms with Crippen molar-refractivity contribution in [3.63, 3.8) is 0 Å². The van der Waals surface area contributed by atoms with E-state index in [4.69, 9.17) is 9.47 Å². The van der Waals surface area contributed by atoms with Crippen molar-refractivity contribution in [3.8, 4) is 5.75 Å². The molecule has 2 heterocycles. The molecule has 0 bridgehead atoms. The molecule has 150 valence electrons. The minimum Gasteiger partial charge on any atom is -0.486 e. The minimum absolute atomic E-state index is 0.0399. The maximum absolute atomic E-state index is 14.4. The van der Waals surface area contributed by atoms with Crippen molar-refractivity contribution in [2.24, 2.45) is 0 Å². The number of hydrogen-bond donors (Lipinski definition) is 1. The third-order valence-corrected chi connectivity index (χ3v) is 6.68. The van der Waals surface area contributed by atoms with Gasteiger partial charge in [0.15, 0.2) is 0 Å². The number of amides is 1. The van der Waals surface area contributed by atoms with Crippen LogP contribution < -0.4 is 9.46 Å². The monoisotopic (exact) mass is 400 g/mol. The van der Waals surface area contributed by atoms with Crippen LogP contribution in [0, 0.1) is 5.82 Å².